The molecular weight excluding hydrogens is 682 g/mol. The van der Waals surface area contributed by atoms with Crippen LogP contribution in [0.2, 0.25) is 0 Å². The predicted molar refractivity (Wildman–Crippen MR) is 194 cm³/mol. The summed E-state index contributed by atoms with van der Waals surface area (Å²) in [6.07, 6.45) is 9.49. The van der Waals surface area contributed by atoms with Crippen LogP contribution in [0.3, 0.4) is 0 Å². The molecule has 1 aromatic carbocycles. The molecule has 15 nitrogen and oxygen atoms in total. The number of benzene rings is 1. The van der Waals surface area contributed by atoms with Gasteiger partial charge in [-0.1, -0.05) is 12.5 Å². The minimum atomic E-state index is -1.10. The Morgan fingerprint density at radius 2 is 1.94 bits per heavy atom. The molecule has 3 fully saturated rings. The summed E-state index contributed by atoms with van der Waals surface area (Å²) in [6.45, 7) is 2.33. The summed E-state index contributed by atoms with van der Waals surface area (Å²) in [6, 6.07) is 3.95. The van der Waals surface area contributed by atoms with E-state index in [1.807, 2.05) is 12.1 Å². The van der Waals surface area contributed by atoms with Gasteiger partial charge in [0.25, 0.3) is 0 Å². The molecule has 4 amide bonds. The number of guanidine groups is 1. The number of nitrogens with two attached hydrogens (primary N) is 2. The summed E-state index contributed by atoms with van der Waals surface area (Å²) in [7, 11) is 1.62. The molecule has 2 unspecified atom stereocenters. The zero-order valence-corrected chi connectivity index (χ0v) is 30.7. The smallest absolute Gasteiger partial charge is 0.415 e. The fraction of sp³-hybridized carbons (Fsp3) is 0.658. The van der Waals surface area contributed by atoms with Crippen LogP contribution in [0, 0.1) is 11.8 Å². The Kier molecular flexibility index (Phi) is 9.98. The summed E-state index contributed by atoms with van der Waals surface area (Å²) < 4.78 is 18.6. The molecule has 2 aliphatic heterocycles. The second-order valence-corrected chi connectivity index (χ2v) is 15.7. The summed E-state index contributed by atoms with van der Waals surface area (Å²) >= 11 is 0. The van der Waals surface area contributed by atoms with Gasteiger partial charge < -0.3 is 51.6 Å². The highest BCUT2D eigenvalue weighted by molar-refractivity contribution is 5.96. The van der Waals surface area contributed by atoms with Crippen molar-refractivity contribution in [2.75, 3.05) is 33.3 Å². The maximum absolute atomic E-state index is 14.0. The van der Waals surface area contributed by atoms with E-state index in [1.165, 1.54) is 12.5 Å². The van der Waals surface area contributed by atoms with Crippen LogP contribution in [-0.2, 0) is 31.0 Å². The monoisotopic (exact) mass is 735 g/mol. The van der Waals surface area contributed by atoms with Crippen LogP contribution in [0.25, 0.3) is 0 Å². The predicted octanol–water partition coefficient (Wildman–Crippen LogP) is 1.63. The van der Waals surface area contributed by atoms with Crippen molar-refractivity contribution >= 4 is 29.8 Å². The number of likely N-dealkylation sites (tertiary alicyclic amines) is 1. The number of hydrogen-bond donors (Lipinski definition) is 6. The number of hydrogen-bond acceptors (Lipinski definition) is 9. The van der Waals surface area contributed by atoms with Crippen LogP contribution < -0.4 is 36.9 Å². The molecule has 6 aliphatic rings. The van der Waals surface area contributed by atoms with Crippen LogP contribution in [0.15, 0.2) is 29.0 Å². The highest BCUT2D eigenvalue weighted by Gasteiger charge is 2.71. The van der Waals surface area contributed by atoms with E-state index in [2.05, 4.69) is 27.0 Å². The molecule has 1 aromatic rings. The lowest BCUT2D eigenvalue weighted by Crippen LogP contribution is -2.67. The zero-order valence-electron chi connectivity index (χ0n) is 30.7. The third-order valence-electron chi connectivity index (χ3n) is 12.7. The lowest BCUT2D eigenvalue weighted by Gasteiger charge is -2.59. The normalized spacial score (nSPS) is 31.5. The van der Waals surface area contributed by atoms with Crippen LogP contribution in [0.1, 0.15) is 88.7 Å². The molecule has 2 heterocycles. The number of amides is 4. The molecule has 1 saturated heterocycles. The van der Waals surface area contributed by atoms with Crippen molar-refractivity contribution in [2.45, 2.75) is 113 Å². The van der Waals surface area contributed by atoms with Gasteiger partial charge in [-0.2, -0.15) is 0 Å². The molecule has 8 N–H and O–H groups in total. The van der Waals surface area contributed by atoms with Gasteiger partial charge in [0.1, 0.15) is 11.3 Å². The van der Waals surface area contributed by atoms with Crippen molar-refractivity contribution in [1.82, 2.24) is 20.9 Å². The van der Waals surface area contributed by atoms with Crippen molar-refractivity contribution in [1.29, 1.82) is 0 Å². The van der Waals surface area contributed by atoms with E-state index in [9.17, 15) is 24.3 Å². The SMILES string of the molecule is COc1ccc2c3c1O[C@H]1C(OC(=O)N4CCCCC4CCCNC(=O)C4(NC(=O)CNC(C)=O)C[C@@H]4CCN=C(N)N)=CC[C@@]4(O)[C@H](CCC[C@]314)C2. The van der Waals surface area contributed by atoms with Crippen molar-refractivity contribution in [3.63, 3.8) is 0 Å². The molecule has 1 spiro atoms. The number of ether oxygens (including phenoxy) is 3. The summed E-state index contributed by atoms with van der Waals surface area (Å²) in [5, 5.41) is 20.7. The Hall–Kier alpha value is -4.53. The number of aliphatic imine (C=N–C) groups is 1. The molecule has 4 aliphatic carbocycles. The van der Waals surface area contributed by atoms with Gasteiger partial charge in [0.05, 0.1) is 24.7 Å². The van der Waals surface area contributed by atoms with Gasteiger partial charge in [0, 0.05) is 38.2 Å². The van der Waals surface area contributed by atoms with Crippen molar-refractivity contribution in [3.05, 3.63) is 35.1 Å². The maximum Gasteiger partial charge on any atom is 0.415 e. The average Bonchev–Trinajstić information content (AvgIpc) is 3.70. The molecule has 288 valence electrons. The molecule has 7 rings (SSSR count). The first-order valence-electron chi connectivity index (χ1n) is 19.1. The topological polar surface area (TPSA) is 220 Å². The van der Waals surface area contributed by atoms with E-state index >= 15 is 0 Å². The number of nitrogens with zero attached hydrogens (tertiary/aromatic N) is 2. The number of carbonyl (C=O) groups excluding carboxylic acids is 4. The highest BCUT2D eigenvalue weighted by Crippen LogP contribution is 2.67. The number of rotatable bonds is 13. The van der Waals surface area contributed by atoms with E-state index in [-0.39, 0.29) is 42.2 Å². The molecular formula is C38H53N7O8. The van der Waals surface area contributed by atoms with E-state index in [0.717, 1.165) is 50.5 Å². The van der Waals surface area contributed by atoms with Gasteiger partial charge in [0.15, 0.2) is 23.6 Å². The second kappa shape index (κ2) is 14.4. The third kappa shape index (κ3) is 6.44. The molecule has 0 aromatic heterocycles. The molecule has 2 saturated carbocycles. The largest absolute Gasteiger partial charge is 0.493 e. The van der Waals surface area contributed by atoms with Gasteiger partial charge in [0.2, 0.25) is 17.7 Å². The first kappa shape index (κ1) is 36.8. The number of piperidine rings is 1. The van der Waals surface area contributed by atoms with Crippen LogP contribution >= 0.6 is 0 Å². The lowest BCUT2D eigenvalue weighted by atomic mass is 9.47. The molecule has 0 radical (unpaired) electrons. The Morgan fingerprint density at radius 1 is 1.11 bits per heavy atom. The standard InChI is InChI=1S/C38H53N7O8/c1-22(46)43-21-29(47)44-37(20-25(37)13-17-42-34(39)40)33(48)41-16-6-9-26-8-3-4-18-45(26)35(49)52-28-12-15-38(50)24-7-5-14-36(38)30-23(19-24)10-11-27(51-2)31(30)53-32(28)36/h10-12,24-26,32,50H,3-9,13-21H2,1-2H3,(H,41,48)(H,43,46)(H,44,47)(H4,39,40,42)/t24-,25+,26?,32+,36+,37?,38-/m1/s1. The summed E-state index contributed by atoms with van der Waals surface area (Å²) in [4.78, 5) is 57.2. The van der Waals surface area contributed by atoms with E-state index in [0.29, 0.717) is 69.0 Å². The number of nitrogens with one attached hydrogen (secondary N) is 3. The zero-order chi connectivity index (χ0) is 37.5. The van der Waals surface area contributed by atoms with Crippen molar-refractivity contribution in [3.8, 4) is 11.5 Å². The van der Waals surface area contributed by atoms with Crippen molar-refractivity contribution in [2.24, 2.45) is 28.3 Å². The fourth-order valence-corrected chi connectivity index (χ4v) is 10.1. The second-order valence-electron chi connectivity index (χ2n) is 15.7. The first-order valence-corrected chi connectivity index (χ1v) is 19.1. The van der Waals surface area contributed by atoms with Gasteiger partial charge in [-0.25, -0.2) is 4.79 Å². The first-order chi connectivity index (χ1) is 25.4. The van der Waals surface area contributed by atoms with E-state index in [1.54, 1.807) is 12.0 Å². The highest BCUT2D eigenvalue weighted by atomic mass is 16.6. The van der Waals surface area contributed by atoms with Gasteiger partial charge in [-0.3, -0.25) is 19.4 Å². The Morgan fingerprint density at radius 3 is 2.72 bits per heavy atom. The molecule has 15 heteroatoms. The fourth-order valence-electron chi connectivity index (χ4n) is 10.1. The lowest BCUT2D eigenvalue weighted by molar-refractivity contribution is -0.149. The quantitative estimate of drug-likeness (QED) is 0.0977. The number of methoxy groups -OCH3 is 1. The Bertz CT molecular complexity index is 1710. The number of aliphatic hydroxyl groups is 1. The van der Waals surface area contributed by atoms with E-state index in [4.69, 9.17) is 25.7 Å². The average molecular weight is 736 g/mol. The van der Waals surface area contributed by atoms with Crippen LogP contribution in [0.4, 0.5) is 4.79 Å². The minimum Gasteiger partial charge on any atom is -0.493 e. The molecule has 2 bridgehead atoms. The third-order valence-corrected chi connectivity index (χ3v) is 12.7. The molecule has 7 atom stereocenters. The van der Waals surface area contributed by atoms with Crippen LogP contribution in [-0.4, -0.2) is 96.4 Å². The maximum atomic E-state index is 14.0. The minimum absolute atomic E-state index is 0.0401. The Balaban J connectivity index is 0.983. The van der Waals surface area contributed by atoms with Crippen LogP contribution in [0.5, 0.6) is 11.5 Å². The molecule has 53 heavy (non-hydrogen) atoms. The van der Waals surface area contributed by atoms with Gasteiger partial charge in [-0.15, -0.1) is 0 Å². The summed E-state index contributed by atoms with van der Waals surface area (Å²) in [5.41, 5.74) is 10.3. The Labute approximate surface area is 309 Å². The summed E-state index contributed by atoms with van der Waals surface area (Å²) in [5.74, 6) is 0.533. The van der Waals surface area contributed by atoms with E-state index < -0.39 is 34.7 Å². The number of carbonyl (C=O) groups is 4. The van der Waals surface area contributed by atoms with Crippen molar-refractivity contribution < 1.29 is 38.5 Å². The van der Waals surface area contributed by atoms with Gasteiger partial charge in [-0.05, 0) is 100 Å². The van der Waals surface area contributed by atoms with Gasteiger partial charge >= 0.3 is 6.09 Å².